The highest BCUT2D eigenvalue weighted by Gasteiger charge is 2.01. The van der Waals surface area contributed by atoms with Gasteiger partial charge >= 0.3 is 5.97 Å². The van der Waals surface area contributed by atoms with Crippen LogP contribution in [-0.2, 0) is 9.53 Å². The molecule has 0 radical (unpaired) electrons. The Kier molecular flexibility index (Phi) is 34.7. The molecule has 0 atom stereocenters. The third-order valence-electron chi connectivity index (χ3n) is 2.87. The molecule has 0 amide bonds. The molecular weight excluding hydrogens is 294 g/mol. The molecule has 0 aromatic heterocycles. The van der Waals surface area contributed by atoms with Gasteiger partial charge in [0.25, 0.3) is 0 Å². The van der Waals surface area contributed by atoms with Crippen LogP contribution in [0.15, 0.2) is 0 Å². The maximum atomic E-state index is 11.1. The van der Waals surface area contributed by atoms with Crippen molar-refractivity contribution in [2.75, 3.05) is 26.4 Å². The molecule has 4 N–H and O–H groups in total. The first-order valence-electron chi connectivity index (χ1n) is 9.21. The topological polar surface area (TPSA) is 92.8 Å². The molecule has 0 aliphatic rings. The third kappa shape index (κ3) is 38.8. The highest BCUT2D eigenvalue weighted by molar-refractivity contribution is 5.69. The van der Waals surface area contributed by atoms with Crippen LogP contribution in [0.4, 0.5) is 0 Å². The second-order valence-corrected chi connectivity index (χ2v) is 5.22. The van der Waals surface area contributed by atoms with Gasteiger partial charge in [-0.2, -0.15) is 0 Å². The Bertz CT molecular complexity index is 199. The monoisotopic (exact) mass is 335 g/mol. The minimum atomic E-state index is -0.0987. The smallest absolute Gasteiger partial charge is 0.305 e. The van der Waals surface area contributed by atoms with E-state index in [0.29, 0.717) is 19.6 Å². The fourth-order valence-electron chi connectivity index (χ4n) is 1.82. The Hall–Kier alpha value is -0.650. The molecule has 0 saturated carbocycles. The van der Waals surface area contributed by atoms with Crippen molar-refractivity contribution in [3.63, 3.8) is 0 Å². The van der Waals surface area contributed by atoms with Crippen LogP contribution in [0.25, 0.3) is 0 Å². The number of hydrogen-bond donors (Lipinski definition) is 3. The van der Waals surface area contributed by atoms with Gasteiger partial charge in [0.05, 0.1) is 0 Å². The van der Waals surface area contributed by atoms with E-state index in [1.807, 2.05) is 0 Å². The summed E-state index contributed by atoms with van der Waals surface area (Å²) in [5, 5.41) is 15.1. The van der Waals surface area contributed by atoms with Crippen molar-refractivity contribution in [2.45, 2.75) is 85.0 Å². The van der Waals surface area contributed by atoms with Gasteiger partial charge in [0, 0.05) is 26.2 Å². The van der Waals surface area contributed by atoms with E-state index in [2.05, 4.69) is 6.92 Å². The van der Waals surface area contributed by atoms with E-state index in [1.54, 1.807) is 13.8 Å². The molecule has 0 spiro atoms. The van der Waals surface area contributed by atoms with Crippen LogP contribution in [0.1, 0.15) is 85.0 Å². The zero-order valence-electron chi connectivity index (χ0n) is 15.7. The van der Waals surface area contributed by atoms with Crippen molar-refractivity contribution in [3.8, 4) is 0 Å². The van der Waals surface area contributed by atoms with E-state index in [0.717, 1.165) is 12.8 Å². The van der Waals surface area contributed by atoms with Gasteiger partial charge in [-0.15, -0.1) is 0 Å². The van der Waals surface area contributed by atoms with Crippen LogP contribution < -0.4 is 5.73 Å². The second-order valence-electron chi connectivity index (χ2n) is 5.22. The largest absolute Gasteiger partial charge is 0.464 e. The molecule has 0 saturated heterocycles. The first-order valence-corrected chi connectivity index (χ1v) is 9.21. The fourth-order valence-corrected chi connectivity index (χ4v) is 1.82. The van der Waals surface area contributed by atoms with Crippen LogP contribution in [0, 0.1) is 0 Å². The normalized spacial score (nSPS) is 9.30. The summed E-state index contributed by atoms with van der Waals surface area (Å²) in [7, 11) is 0. The third-order valence-corrected chi connectivity index (χ3v) is 2.87. The van der Waals surface area contributed by atoms with Crippen molar-refractivity contribution < 1.29 is 19.7 Å². The second kappa shape index (κ2) is 29.4. The number of hydrogen-bond acceptors (Lipinski definition) is 5. The predicted octanol–water partition coefficient (Wildman–Crippen LogP) is 3.41. The summed E-state index contributed by atoms with van der Waals surface area (Å²) < 4.78 is 4.90. The lowest BCUT2D eigenvalue weighted by Gasteiger charge is -2.03. The summed E-state index contributed by atoms with van der Waals surface area (Å²) in [6, 6.07) is 0. The molecule has 0 aliphatic heterocycles. The van der Waals surface area contributed by atoms with E-state index in [-0.39, 0.29) is 19.2 Å². The molecule has 5 nitrogen and oxygen atoms in total. The molecule has 0 aromatic rings. The molecule has 0 rings (SSSR count). The standard InChI is InChI=1S/C14H29NO2.2C2H6O/c1-2-3-4-5-6-7-8-9-10-11-14(16)17-13-12-15;2*1-2-3/h2-13,15H2,1H3;2*3H,2H2,1H3. The predicted molar refractivity (Wildman–Crippen MR) is 97.4 cm³/mol. The van der Waals surface area contributed by atoms with E-state index in [9.17, 15) is 4.79 Å². The first-order chi connectivity index (χ1) is 11.1. The molecule has 5 heteroatoms. The summed E-state index contributed by atoms with van der Waals surface area (Å²) in [6.07, 6.45) is 12.0. The van der Waals surface area contributed by atoms with E-state index in [4.69, 9.17) is 20.7 Å². The Balaban J connectivity index is -0.000000573. The molecule has 0 unspecified atom stereocenters. The molecule has 0 heterocycles. The minimum absolute atomic E-state index is 0.0987. The summed E-state index contributed by atoms with van der Waals surface area (Å²) >= 11 is 0. The lowest BCUT2D eigenvalue weighted by molar-refractivity contribution is -0.143. The van der Waals surface area contributed by atoms with Gasteiger partial charge in [-0.25, -0.2) is 0 Å². The number of rotatable bonds is 12. The number of aliphatic hydroxyl groups is 2. The maximum Gasteiger partial charge on any atom is 0.305 e. The number of esters is 1. The number of unbranched alkanes of at least 4 members (excludes halogenated alkanes) is 8. The molecular formula is C18H41NO4. The average Bonchev–Trinajstić information content (AvgIpc) is 2.53. The summed E-state index contributed by atoms with van der Waals surface area (Å²) in [5.41, 5.74) is 5.24. The molecule has 0 aliphatic carbocycles. The van der Waals surface area contributed by atoms with Crippen molar-refractivity contribution in [2.24, 2.45) is 5.73 Å². The molecule has 23 heavy (non-hydrogen) atoms. The Morgan fingerprint density at radius 3 is 1.61 bits per heavy atom. The van der Waals surface area contributed by atoms with Gasteiger partial charge in [-0.05, 0) is 20.3 Å². The minimum Gasteiger partial charge on any atom is -0.464 e. The molecule has 142 valence electrons. The Morgan fingerprint density at radius 1 is 0.826 bits per heavy atom. The number of aliphatic hydroxyl groups excluding tert-OH is 2. The van der Waals surface area contributed by atoms with E-state index in [1.165, 1.54) is 44.9 Å². The van der Waals surface area contributed by atoms with Crippen LogP contribution in [0.3, 0.4) is 0 Å². The lowest BCUT2D eigenvalue weighted by atomic mass is 10.1. The van der Waals surface area contributed by atoms with Crippen molar-refractivity contribution in [1.29, 1.82) is 0 Å². The molecule has 0 bridgehead atoms. The van der Waals surface area contributed by atoms with Crippen molar-refractivity contribution in [1.82, 2.24) is 0 Å². The van der Waals surface area contributed by atoms with Crippen molar-refractivity contribution >= 4 is 5.97 Å². The van der Waals surface area contributed by atoms with Crippen molar-refractivity contribution in [3.05, 3.63) is 0 Å². The SMILES string of the molecule is CCCCCCCCCCCC(=O)OCCN.CCO.CCO. The summed E-state index contributed by atoms with van der Waals surface area (Å²) in [5.74, 6) is -0.0987. The number of carbonyl (C=O) groups is 1. The van der Waals surface area contributed by atoms with Gasteiger partial charge in [0.15, 0.2) is 0 Å². The Morgan fingerprint density at radius 2 is 1.22 bits per heavy atom. The first kappa shape index (κ1) is 27.2. The van der Waals surface area contributed by atoms with Gasteiger partial charge in [-0.1, -0.05) is 58.3 Å². The maximum absolute atomic E-state index is 11.1. The average molecular weight is 336 g/mol. The highest BCUT2D eigenvalue weighted by atomic mass is 16.5. The Labute approximate surface area is 143 Å². The summed E-state index contributed by atoms with van der Waals surface area (Å²) in [4.78, 5) is 11.1. The lowest BCUT2D eigenvalue weighted by Crippen LogP contribution is -2.13. The number of nitrogens with two attached hydrogens (primary N) is 1. The van der Waals surface area contributed by atoms with Gasteiger partial charge in [0.2, 0.25) is 0 Å². The fraction of sp³-hybridized carbons (Fsp3) is 0.944. The van der Waals surface area contributed by atoms with Crippen LogP contribution in [-0.4, -0.2) is 42.5 Å². The van der Waals surface area contributed by atoms with Gasteiger partial charge in [-0.3, -0.25) is 4.79 Å². The highest BCUT2D eigenvalue weighted by Crippen LogP contribution is 2.10. The quantitative estimate of drug-likeness (QED) is 0.375. The van der Waals surface area contributed by atoms with Gasteiger partial charge < -0.3 is 20.7 Å². The zero-order valence-corrected chi connectivity index (χ0v) is 15.7. The van der Waals surface area contributed by atoms with Crippen LogP contribution in [0.2, 0.25) is 0 Å². The summed E-state index contributed by atoms with van der Waals surface area (Å²) in [6.45, 7) is 6.88. The van der Waals surface area contributed by atoms with Crippen LogP contribution in [0.5, 0.6) is 0 Å². The molecule has 0 aromatic carbocycles. The van der Waals surface area contributed by atoms with Crippen LogP contribution >= 0.6 is 0 Å². The van der Waals surface area contributed by atoms with E-state index < -0.39 is 0 Å². The number of carbonyl (C=O) groups excluding carboxylic acids is 1. The zero-order chi connectivity index (χ0) is 18.2. The number of ether oxygens (including phenoxy) is 1. The van der Waals surface area contributed by atoms with E-state index >= 15 is 0 Å². The van der Waals surface area contributed by atoms with Gasteiger partial charge in [0.1, 0.15) is 6.61 Å². The molecule has 0 fully saturated rings.